The van der Waals surface area contributed by atoms with Gasteiger partial charge in [0.05, 0.1) is 0 Å². The van der Waals surface area contributed by atoms with Crippen LogP contribution in [0.4, 0.5) is 11.9 Å². The van der Waals surface area contributed by atoms with Gasteiger partial charge in [0.25, 0.3) is 5.95 Å². The second kappa shape index (κ2) is 5.57. The predicted octanol–water partition coefficient (Wildman–Crippen LogP) is -0.170. The molecule has 0 bridgehead atoms. The standard InChI is InChI=1S/C10H17N9/c1-7(2)4-18(3)9-14-8(17-11)15-10(16-9)19-6-12-5-13-19/h5-7H,4,11H2,1-3H3,(H,14,15,16,17). The molecule has 0 aliphatic heterocycles. The molecule has 9 nitrogen and oxygen atoms in total. The number of nitrogens with two attached hydrogens (primary N) is 1. The third kappa shape index (κ3) is 3.13. The lowest BCUT2D eigenvalue weighted by atomic mass is 10.2. The van der Waals surface area contributed by atoms with Crippen LogP contribution < -0.4 is 16.2 Å². The maximum Gasteiger partial charge on any atom is 0.258 e. The Kier molecular flexibility index (Phi) is 3.85. The van der Waals surface area contributed by atoms with Gasteiger partial charge in [0.1, 0.15) is 12.7 Å². The summed E-state index contributed by atoms with van der Waals surface area (Å²) >= 11 is 0. The van der Waals surface area contributed by atoms with E-state index in [0.717, 1.165) is 6.54 Å². The Morgan fingerprint density at radius 2 is 2.16 bits per heavy atom. The van der Waals surface area contributed by atoms with Crippen LogP contribution in [0.3, 0.4) is 0 Å². The number of aromatic nitrogens is 6. The fourth-order valence-corrected chi connectivity index (χ4v) is 1.63. The summed E-state index contributed by atoms with van der Waals surface area (Å²) in [5, 5.41) is 3.99. The summed E-state index contributed by atoms with van der Waals surface area (Å²) in [6, 6.07) is 0. The van der Waals surface area contributed by atoms with E-state index in [1.807, 2.05) is 11.9 Å². The summed E-state index contributed by atoms with van der Waals surface area (Å²) in [6.45, 7) is 5.07. The molecule has 0 spiro atoms. The van der Waals surface area contributed by atoms with Crippen LogP contribution in [0.5, 0.6) is 0 Å². The van der Waals surface area contributed by atoms with Crippen LogP contribution in [0, 0.1) is 5.92 Å². The van der Waals surface area contributed by atoms with Gasteiger partial charge in [0.2, 0.25) is 11.9 Å². The first kappa shape index (κ1) is 13.1. The Balaban J connectivity index is 2.36. The van der Waals surface area contributed by atoms with Gasteiger partial charge in [-0.2, -0.15) is 24.7 Å². The monoisotopic (exact) mass is 263 g/mol. The van der Waals surface area contributed by atoms with Crippen LogP contribution in [-0.2, 0) is 0 Å². The zero-order valence-corrected chi connectivity index (χ0v) is 11.1. The van der Waals surface area contributed by atoms with E-state index in [1.54, 1.807) is 0 Å². The Labute approximate surface area is 110 Å². The minimum atomic E-state index is 0.283. The van der Waals surface area contributed by atoms with Gasteiger partial charge in [-0.15, -0.1) is 0 Å². The smallest absolute Gasteiger partial charge is 0.258 e. The minimum Gasteiger partial charge on any atom is -0.343 e. The Morgan fingerprint density at radius 1 is 1.37 bits per heavy atom. The number of anilines is 2. The van der Waals surface area contributed by atoms with Crippen molar-refractivity contribution in [3.63, 3.8) is 0 Å². The molecule has 0 aliphatic rings. The maximum atomic E-state index is 5.38. The molecule has 2 aromatic rings. The maximum absolute atomic E-state index is 5.38. The lowest BCUT2D eigenvalue weighted by Crippen LogP contribution is -2.26. The Bertz CT molecular complexity index is 522. The third-order valence-corrected chi connectivity index (χ3v) is 2.34. The van der Waals surface area contributed by atoms with Gasteiger partial charge in [-0.3, -0.25) is 5.43 Å². The quantitative estimate of drug-likeness (QED) is 0.565. The fraction of sp³-hybridized carbons (Fsp3) is 0.500. The average Bonchev–Trinajstić information content (AvgIpc) is 2.91. The zero-order chi connectivity index (χ0) is 13.8. The molecule has 0 fully saturated rings. The summed E-state index contributed by atoms with van der Waals surface area (Å²) in [4.78, 5) is 18.5. The van der Waals surface area contributed by atoms with Crippen molar-refractivity contribution in [2.45, 2.75) is 13.8 Å². The molecule has 2 aromatic heterocycles. The lowest BCUT2D eigenvalue weighted by Gasteiger charge is -2.19. The molecule has 3 N–H and O–H groups in total. The number of nitrogen functional groups attached to an aromatic ring is 1. The summed E-state index contributed by atoms with van der Waals surface area (Å²) < 4.78 is 1.45. The van der Waals surface area contributed by atoms with Crippen molar-refractivity contribution in [1.29, 1.82) is 0 Å². The van der Waals surface area contributed by atoms with Gasteiger partial charge in [-0.25, -0.2) is 10.8 Å². The molecular formula is C10H17N9. The Hall–Kier alpha value is -2.29. The molecule has 0 amide bonds. The summed E-state index contributed by atoms with van der Waals surface area (Å²) in [5.74, 6) is 7.05. The van der Waals surface area contributed by atoms with Crippen molar-refractivity contribution in [2.75, 3.05) is 23.9 Å². The largest absolute Gasteiger partial charge is 0.343 e. The highest BCUT2D eigenvalue weighted by Gasteiger charge is 2.12. The zero-order valence-electron chi connectivity index (χ0n) is 11.1. The van der Waals surface area contributed by atoms with E-state index in [-0.39, 0.29) is 5.95 Å². The van der Waals surface area contributed by atoms with Crippen molar-refractivity contribution in [2.24, 2.45) is 11.8 Å². The van der Waals surface area contributed by atoms with Gasteiger partial charge in [0.15, 0.2) is 0 Å². The number of hydrazine groups is 1. The topological polar surface area (TPSA) is 111 Å². The van der Waals surface area contributed by atoms with E-state index in [9.17, 15) is 0 Å². The molecule has 0 saturated heterocycles. The van der Waals surface area contributed by atoms with Crippen molar-refractivity contribution in [3.8, 4) is 5.95 Å². The van der Waals surface area contributed by atoms with E-state index in [1.165, 1.54) is 17.3 Å². The average molecular weight is 263 g/mol. The first-order valence-electron chi connectivity index (χ1n) is 5.89. The molecule has 0 aromatic carbocycles. The van der Waals surface area contributed by atoms with Gasteiger partial charge < -0.3 is 4.90 Å². The van der Waals surface area contributed by atoms with E-state index in [4.69, 9.17) is 5.84 Å². The van der Waals surface area contributed by atoms with Crippen molar-refractivity contribution < 1.29 is 0 Å². The van der Waals surface area contributed by atoms with E-state index < -0.39 is 0 Å². The van der Waals surface area contributed by atoms with Gasteiger partial charge in [0, 0.05) is 13.6 Å². The third-order valence-electron chi connectivity index (χ3n) is 2.34. The van der Waals surface area contributed by atoms with E-state index >= 15 is 0 Å². The van der Waals surface area contributed by atoms with Crippen LogP contribution in [0.1, 0.15) is 13.8 Å². The fourth-order valence-electron chi connectivity index (χ4n) is 1.63. The second-order valence-corrected chi connectivity index (χ2v) is 4.52. The number of rotatable bonds is 5. The summed E-state index contributed by atoms with van der Waals surface area (Å²) in [5.41, 5.74) is 2.43. The number of nitrogens with one attached hydrogen (secondary N) is 1. The number of hydrogen-bond donors (Lipinski definition) is 2. The van der Waals surface area contributed by atoms with Gasteiger partial charge in [-0.1, -0.05) is 13.8 Å². The van der Waals surface area contributed by atoms with Crippen LogP contribution in [0.15, 0.2) is 12.7 Å². The molecule has 2 heterocycles. The summed E-state index contributed by atoms with van der Waals surface area (Å²) in [6.07, 6.45) is 2.93. The van der Waals surface area contributed by atoms with Crippen molar-refractivity contribution in [3.05, 3.63) is 12.7 Å². The van der Waals surface area contributed by atoms with Crippen LogP contribution in [0.25, 0.3) is 5.95 Å². The van der Waals surface area contributed by atoms with Gasteiger partial charge >= 0.3 is 0 Å². The highest BCUT2D eigenvalue weighted by atomic mass is 15.4. The van der Waals surface area contributed by atoms with E-state index in [0.29, 0.717) is 17.8 Å². The first-order chi connectivity index (χ1) is 9.10. The van der Waals surface area contributed by atoms with Crippen LogP contribution in [0.2, 0.25) is 0 Å². The van der Waals surface area contributed by atoms with Crippen LogP contribution in [-0.4, -0.2) is 43.3 Å². The first-order valence-corrected chi connectivity index (χ1v) is 5.89. The second-order valence-electron chi connectivity index (χ2n) is 4.52. The molecule has 0 unspecified atom stereocenters. The molecule has 0 saturated carbocycles. The predicted molar refractivity (Wildman–Crippen MR) is 70.7 cm³/mol. The molecule has 19 heavy (non-hydrogen) atoms. The van der Waals surface area contributed by atoms with E-state index in [2.05, 4.69) is 44.3 Å². The van der Waals surface area contributed by atoms with Gasteiger partial charge in [-0.05, 0) is 5.92 Å². The minimum absolute atomic E-state index is 0.283. The summed E-state index contributed by atoms with van der Waals surface area (Å²) in [7, 11) is 1.92. The highest BCUT2D eigenvalue weighted by Crippen LogP contribution is 2.12. The lowest BCUT2D eigenvalue weighted by molar-refractivity contribution is 0.627. The molecule has 102 valence electrons. The highest BCUT2D eigenvalue weighted by molar-refractivity contribution is 5.38. The van der Waals surface area contributed by atoms with Crippen molar-refractivity contribution >= 4 is 11.9 Å². The molecule has 9 heteroatoms. The van der Waals surface area contributed by atoms with Crippen LogP contribution >= 0.6 is 0 Å². The SMILES string of the molecule is CC(C)CN(C)c1nc(NN)nc(-n2cncn2)n1. The molecule has 2 rings (SSSR count). The number of nitrogens with zero attached hydrogens (tertiary/aromatic N) is 7. The molecule has 0 radical (unpaired) electrons. The van der Waals surface area contributed by atoms with Crippen molar-refractivity contribution in [1.82, 2.24) is 29.7 Å². The normalized spacial score (nSPS) is 10.8. The number of hydrogen-bond acceptors (Lipinski definition) is 8. The Morgan fingerprint density at radius 3 is 2.74 bits per heavy atom. The molecule has 0 aliphatic carbocycles. The molecular weight excluding hydrogens is 246 g/mol. The molecule has 0 atom stereocenters.